The van der Waals surface area contributed by atoms with Gasteiger partial charge in [-0.2, -0.15) is 0 Å². The molecule has 0 spiro atoms. The largest absolute Gasteiger partial charge is 0.317 e. The zero-order chi connectivity index (χ0) is 14.7. The maximum absolute atomic E-state index is 4.82. The normalized spacial score (nSPS) is 17.1. The fourth-order valence-corrected chi connectivity index (χ4v) is 4.14. The number of thiazole rings is 1. The quantitative estimate of drug-likeness (QED) is 0.916. The van der Waals surface area contributed by atoms with Crippen molar-refractivity contribution < 1.29 is 0 Å². The second kappa shape index (κ2) is 6.86. The summed E-state index contributed by atoms with van der Waals surface area (Å²) in [5, 5.41) is 4.73. The van der Waals surface area contributed by atoms with Gasteiger partial charge in [-0.15, -0.1) is 11.3 Å². The molecule has 1 aromatic carbocycles. The van der Waals surface area contributed by atoms with Gasteiger partial charge >= 0.3 is 0 Å². The Kier molecular flexibility index (Phi) is 4.88. The number of nitrogens with one attached hydrogen (secondary N) is 1. The Bertz CT molecular complexity index is 539. The summed E-state index contributed by atoms with van der Waals surface area (Å²) in [7, 11) is 0. The molecule has 0 amide bonds. The zero-order valence-electron chi connectivity index (χ0n) is 13.0. The molecule has 0 radical (unpaired) electrons. The van der Waals surface area contributed by atoms with Crippen molar-refractivity contribution in [1.29, 1.82) is 0 Å². The summed E-state index contributed by atoms with van der Waals surface area (Å²) in [6.07, 6.45) is 2.52. The van der Waals surface area contributed by atoms with Crippen LogP contribution in [0.2, 0.25) is 0 Å². The van der Waals surface area contributed by atoms with E-state index in [2.05, 4.69) is 48.3 Å². The first-order valence-electron chi connectivity index (χ1n) is 8.01. The van der Waals surface area contributed by atoms with Crippen LogP contribution in [-0.2, 0) is 6.54 Å². The van der Waals surface area contributed by atoms with Crippen molar-refractivity contribution in [3.05, 3.63) is 29.3 Å². The van der Waals surface area contributed by atoms with Crippen molar-refractivity contribution in [3.8, 4) is 0 Å². The molecule has 4 heteroatoms. The maximum Gasteiger partial charge on any atom is 0.108 e. The van der Waals surface area contributed by atoms with Crippen LogP contribution in [-0.4, -0.2) is 35.6 Å². The number of para-hydroxylation sites is 1. The maximum atomic E-state index is 4.82. The Labute approximate surface area is 131 Å². The molecule has 0 atom stereocenters. The summed E-state index contributed by atoms with van der Waals surface area (Å²) >= 11 is 1.85. The van der Waals surface area contributed by atoms with Gasteiger partial charge in [0.2, 0.25) is 0 Å². The van der Waals surface area contributed by atoms with Gasteiger partial charge in [-0.3, -0.25) is 4.90 Å². The highest BCUT2D eigenvalue weighted by Crippen LogP contribution is 2.25. The minimum atomic E-state index is 0.703. The summed E-state index contributed by atoms with van der Waals surface area (Å²) in [5.41, 5.74) is 1.15. The van der Waals surface area contributed by atoms with E-state index < -0.39 is 0 Å². The van der Waals surface area contributed by atoms with E-state index in [0.29, 0.717) is 12.0 Å². The molecule has 2 heterocycles. The number of piperidine rings is 1. The number of fused-ring (bicyclic) bond motifs is 1. The smallest absolute Gasteiger partial charge is 0.108 e. The lowest BCUT2D eigenvalue weighted by Gasteiger charge is -2.35. The average molecular weight is 303 g/mol. The van der Waals surface area contributed by atoms with Crippen LogP contribution in [0.15, 0.2) is 24.3 Å². The van der Waals surface area contributed by atoms with Crippen molar-refractivity contribution >= 4 is 21.6 Å². The van der Waals surface area contributed by atoms with Crippen molar-refractivity contribution in [2.45, 2.75) is 39.3 Å². The minimum Gasteiger partial charge on any atom is -0.317 e. The average Bonchev–Trinajstić information content (AvgIpc) is 2.89. The van der Waals surface area contributed by atoms with Crippen LogP contribution < -0.4 is 5.32 Å². The van der Waals surface area contributed by atoms with Crippen LogP contribution in [0, 0.1) is 5.92 Å². The highest BCUT2D eigenvalue weighted by atomic mass is 32.1. The third-order valence-corrected chi connectivity index (χ3v) is 5.12. The molecule has 1 saturated heterocycles. The lowest BCUT2D eigenvalue weighted by atomic mass is 10.0. The third-order valence-electron chi connectivity index (χ3n) is 4.10. The molecule has 0 unspecified atom stereocenters. The number of benzene rings is 1. The van der Waals surface area contributed by atoms with Crippen molar-refractivity contribution in [1.82, 2.24) is 15.2 Å². The zero-order valence-corrected chi connectivity index (χ0v) is 13.8. The lowest BCUT2D eigenvalue weighted by molar-refractivity contribution is 0.137. The van der Waals surface area contributed by atoms with Gasteiger partial charge in [0.15, 0.2) is 0 Å². The summed E-state index contributed by atoms with van der Waals surface area (Å²) in [5.74, 6) is 0.703. The Balaban J connectivity index is 1.76. The highest BCUT2D eigenvalue weighted by molar-refractivity contribution is 7.18. The molecular weight excluding hydrogens is 278 g/mol. The molecule has 3 nitrogen and oxygen atoms in total. The van der Waals surface area contributed by atoms with Gasteiger partial charge in [-0.05, 0) is 44.0 Å². The van der Waals surface area contributed by atoms with E-state index in [0.717, 1.165) is 25.2 Å². The van der Waals surface area contributed by atoms with Crippen LogP contribution in [0.4, 0.5) is 0 Å². The van der Waals surface area contributed by atoms with E-state index in [-0.39, 0.29) is 0 Å². The van der Waals surface area contributed by atoms with Gasteiger partial charge < -0.3 is 5.32 Å². The summed E-state index contributed by atoms with van der Waals surface area (Å²) in [4.78, 5) is 7.47. The summed E-state index contributed by atoms with van der Waals surface area (Å²) < 4.78 is 1.31. The van der Waals surface area contributed by atoms with E-state index in [9.17, 15) is 0 Å². The lowest BCUT2D eigenvalue weighted by Crippen LogP contribution is -2.44. The molecule has 0 saturated carbocycles. The van der Waals surface area contributed by atoms with Crippen molar-refractivity contribution in [3.63, 3.8) is 0 Å². The molecule has 1 aliphatic rings. The predicted octanol–water partition coefficient (Wildman–Crippen LogP) is 3.51. The van der Waals surface area contributed by atoms with Crippen LogP contribution in [0.25, 0.3) is 10.2 Å². The number of rotatable bonds is 5. The van der Waals surface area contributed by atoms with Crippen LogP contribution in [0.3, 0.4) is 0 Å². The Hall–Kier alpha value is -0.970. The number of hydrogen-bond donors (Lipinski definition) is 1. The van der Waals surface area contributed by atoms with E-state index in [1.54, 1.807) is 0 Å². The second-order valence-corrected chi connectivity index (χ2v) is 7.49. The van der Waals surface area contributed by atoms with E-state index >= 15 is 0 Å². The molecule has 1 aromatic heterocycles. The molecular formula is C17H25N3S. The van der Waals surface area contributed by atoms with Crippen LogP contribution in [0.1, 0.15) is 31.7 Å². The SMILES string of the molecule is CC(C)CN(Cc1nc2ccccc2s1)C1CCNCC1. The van der Waals surface area contributed by atoms with Gasteiger partial charge in [0.1, 0.15) is 5.01 Å². The van der Waals surface area contributed by atoms with Gasteiger partial charge in [0.05, 0.1) is 16.8 Å². The molecule has 0 bridgehead atoms. The predicted molar refractivity (Wildman–Crippen MR) is 90.8 cm³/mol. The number of aromatic nitrogens is 1. The van der Waals surface area contributed by atoms with Crippen molar-refractivity contribution in [2.24, 2.45) is 5.92 Å². The van der Waals surface area contributed by atoms with Gasteiger partial charge in [0, 0.05) is 12.6 Å². The summed E-state index contributed by atoms with van der Waals surface area (Å²) in [6.45, 7) is 9.10. The molecule has 1 fully saturated rings. The monoisotopic (exact) mass is 303 g/mol. The Morgan fingerprint density at radius 2 is 2.05 bits per heavy atom. The fraction of sp³-hybridized carbons (Fsp3) is 0.588. The Morgan fingerprint density at radius 1 is 1.29 bits per heavy atom. The topological polar surface area (TPSA) is 28.2 Å². The van der Waals surface area contributed by atoms with E-state index in [1.807, 2.05) is 11.3 Å². The molecule has 21 heavy (non-hydrogen) atoms. The number of hydrogen-bond acceptors (Lipinski definition) is 4. The van der Waals surface area contributed by atoms with Gasteiger partial charge in [0.25, 0.3) is 0 Å². The minimum absolute atomic E-state index is 0.703. The number of nitrogens with zero attached hydrogens (tertiary/aromatic N) is 2. The van der Waals surface area contributed by atoms with Gasteiger partial charge in [-0.1, -0.05) is 26.0 Å². The first-order valence-corrected chi connectivity index (χ1v) is 8.83. The van der Waals surface area contributed by atoms with Crippen LogP contribution in [0.5, 0.6) is 0 Å². The van der Waals surface area contributed by atoms with E-state index in [1.165, 1.54) is 29.1 Å². The molecule has 1 aliphatic heterocycles. The molecule has 0 aliphatic carbocycles. The summed E-state index contributed by atoms with van der Waals surface area (Å²) in [6, 6.07) is 9.18. The molecule has 2 aromatic rings. The molecule has 114 valence electrons. The molecule has 3 rings (SSSR count). The first-order chi connectivity index (χ1) is 10.2. The Morgan fingerprint density at radius 3 is 2.76 bits per heavy atom. The van der Waals surface area contributed by atoms with Crippen LogP contribution >= 0.6 is 11.3 Å². The standard InChI is InChI=1S/C17H25N3S/c1-13(2)11-20(14-7-9-18-10-8-14)12-17-19-15-5-3-4-6-16(15)21-17/h3-6,13-14,18H,7-12H2,1-2H3. The fourth-order valence-electron chi connectivity index (χ4n) is 3.14. The second-order valence-electron chi connectivity index (χ2n) is 6.38. The van der Waals surface area contributed by atoms with Crippen molar-refractivity contribution in [2.75, 3.05) is 19.6 Å². The first kappa shape index (κ1) is 14.9. The highest BCUT2D eigenvalue weighted by Gasteiger charge is 2.22. The third kappa shape index (κ3) is 3.82. The van der Waals surface area contributed by atoms with Gasteiger partial charge in [-0.25, -0.2) is 4.98 Å². The molecule has 1 N–H and O–H groups in total. The van der Waals surface area contributed by atoms with E-state index in [4.69, 9.17) is 4.98 Å².